The summed E-state index contributed by atoms with van der Waals surface area (Å²) in [4.78, 5) is 4.78. The molecule has 1 aliphatic rings. The molecular formula is C16H25N. The van der Waals surface area contributed by atoms with Gasteiger partial charge < -0.3 is 0 Å². The Balaban J connectivity index is 2.52. The molecule has 1 saturated carbocycles. The summed E-state index contributed by atoms with van der Waals surface area (Å²) in [7, 11) is 0. The quantitative estimate of drug-likeness (QED) is 0.690. The molecule has 1 aromatic rings. The molecule has 0 aromatic carbocycles. The molecule has 0 atom stereocenters. The predicted octanol–water partition coefficient (Wildman–Crippen LogP) is 4.55. The molecule has 94 valence electrons. The first-order valence-corrected chi connectivity index (χ1v) is 6.70. The first kappa shape index (κ1) is 12.6. The van der Waals surface area contributed by atoms with E-state index >= 15 is 0 Å². The Morgan fingerprint density at radius 1 is 1.00 bits per heavy atom. The second kappa shape index (κ2) is 3.83. The highest BCUT2D eigenvalue weighted by molar-refractivity contribution is 5.37. The topological polar surface area (TPSA) is 12.9 Å². The van der Waals surface area contributed by atoms with Crippen molar-refractivity contribution >= 4 is 0 Å². The monoisotopic (exact) mass is 231 g/mol. The Morgan fingerprint density at radius 3 is 2.00 bits per heavy atom. The summed E-state index contributed by atoms with van der Waals surface area (Å²) in [6.45, 7) is 13.6. The molecule has 2 rings (SSSR count). The number of hydrogen-bond acceptors (Lipinski definition) is 1. The molecule has 0 saturated heterocycles. The average Bonchev–Trinajstić information content (AvgIpc) is 2.97. The van der Waals surface area contributed by atoms with E-state index < -0.39 is 0 Å². The molecular weight excluding hydrogens is 206 g/mol. The minimum atomic E-state index is 0.130. The lowest BCUT2D eigenvalue weighted by molar-refractivity contribution is 0.513. The van der Waals surface area contributed by atoms with Crippen molar-refractivity contribution in [3.8, 4) is 0 Å². The molecule has 0 radical (unpaired) electrons. The zero-order chi connectivity index (χ0) is 12.8. The maximum atomic E-state index is 4.78. The highest BCUT2D eigenvalue weighted by atomic mass is 14.7. The van der Waals surface area contributed by atoms with E-state index in [1.54, 1.807) is 0 Å². The first-order chi connectivity index (χ1) is 7.69. The fourth-order valence-electron chi connectivity index (χ4n) is 2.29. The van der Waals surface area contributed by atoms with Crippen LogP contribution < -0.4 is 0 Å². The van der Waals surface area contributed by atoms with Crippen molar-refractivity contribution in [2.75, 3.05) is 0 Å². The summed E-state index contributed by atoms with van der Waals surface area (Å²) in [6, 6.07) is 2.41. The fourth-order valence-corrected chi connectivity index (χ4v) is 2.29. The van der Waals surface area contributed by atoms with Crippen LogP contribution >= 0.6 is 0 Å². The van der Waals surface area contributed by atoms with Crippen LogP contribution in [-0.4, -0.2) is 4.98 Å². The third-order valence-corrected chi connectivity index (χ3v) is 3.48. The SMILES string of the molecule is CC(C)(C)c1cc(C2CC2)cnc1C(C)(C)C. The largest absolute Gasteiger partial charge is 0.260 e. The average molecular weight is 231 g/mol. The molecule has 1 heteroatoms. The van der Waals surface area contributed by atoms with E-state index in [-0.39, 0.29) is 10.8 Å². The third kappa shape index (κ3) is 2.70. The van der Waals surface area contributed by atoms with Crippen LogP contribution in [0.15, 0.2) is 12.3 Å². The number of rotatable bonds is 1. The number of pyridine rings is 1. The summed E-state index contributed by atoms with van der Waals surface area (Å²) in [5.41, 5.74) is 4.44. The second-order valence-corrected chi connectivity index (χ2v) is 7.44. The highest BCUT2D eigenvalue weighted by Crippen LogP contribution is 2.42. The van der Waals surface area contributed by atoms with Crippen molar-refractivity contribution in [2.45, 2.75) is 71.1 Å². The molecule has 1 heterocycles. The lowest BCUT2D eigenvalue weighted by atomic mass is 9.78. The van der Waals surface area contributed by atoms with E-state index in [2.05, 4.69) is 53.8 Å². The van der Waals surface area contributed by atoms with Crippen LogP contribution in [0.25, 0.3) is 0 Å². The van der Waals surface area contributed by atoms with Crippen LogP contribution in [0.4, 0.5) is 0 Å². The van der Waals surface area contributed by atoms with E-state index in [4.69, 9.17) is 4.98 Å². The van der Waals surface area contributed by atoms with Crippen LogP contribution in [0.3, 0.4) is 0 Å². The minimum Gasteiger partial charge on any atom is -0.260 e. The van der Waals surface area contributed by atoms with Crippen molar-refractivity contribution < 1.29 is 0 Å². The van der Waals surface area contributed by atoms with Crippen LogP contribution in [0.2, 0.25) is 0 Å². The van der Waals surface area contributed by atoms with Crippen molar-refractivity contribution in [1.29, 1.82) is 0 Å². The molecule has 1 aromatic heterocycles. The Bertz CT molecular complexity index is 414. The molecule has 0 aliphatic heterocycles. The second-order valence-electron chi connectivity index (χ2n) is 7.44. The third-order valence-electron chi connectivity index (χ3n) is 3.48. The number of aromatic nitrogens is 1. The molecule has 0 N–H and O–H groups in total. The van der Waals surface area contributed by atoms with Gasteiger partial charge in [-0.15, -0.1) is 0 Å². The molecule has 17 heavy (non-hydrogen) atoms. The van der Waals surface area contributed by atoms with E-state index in [9.17, 15) is 0 Å². The van der Waals surface area contributed by atoms with E-state index in [0.29, 0.717) is 0 Å². The van der Waals surface area contributed by atoms with E-state index in [1.165, 1.54) is 29.7 Å². The standard InChI is InChI=1S/C16H25N/c1-15(2,3)13-9-12(11-7-8-11)10-17-14(13)16(4,5)6/h9-11H,7-8H2,1-6H3. The van der Waals surface area contributed by atoms with Gasteiger partial charge in [0.15, 0.2) is 0 Å². The Hall–Kier alpha value is -0.850. The smallest absolute Gasteiger partial charge is 0.0494 e. The van der Waals surface area contributed by atoms with Crippen molar-refractivity contribution in [3.05, 3.63) is 29.1 Å². The summed E-state index contributed by atoms with van der Waals surface area (Å²) in [5.74, 6) is 0.789. The van der Waals surface area contributed by atoms with E-state index in [0.717, 1.165) is 5.92 Å². The first-order valence-electron chi connectivity index (χ1n) is 6.70. The van der Waals surface area contributed by atoms with Gasteiger partial charge in [0, 0.05) is 17.3 Å². The Kier molecular flexibility index (Phi) is 2.84. The molecule has 1 fully saturated rings. The Morgan fingerprint density at radius 2 is 1.59 bits per heavy atom. The maximum Gasteiger partial charge on any atom is 0.0494 e. The Labute approximate surface area is 106 Å². The lowest BCUT2D eigenvalue weighted by Crippen LogP contribution is -2.23. The molecule has 0 amide bonds. The summed E-state index contributed by atoms with van der Waals surface area (Å²) in [6.07, 6.45) is 4.80. The van der Waals surface area contributed by atoms with Gasteiger partial charge >= 0.3 is 0 Å². The van der Waals surface area contributed by atoms with Crippen molar-refractivity contribution in [2.24, 2.45) is 0 Å². The van der Waals surface area contributed by atoms with Crippen LogP contribution in [-0.2, 0) is 10.8 Å². The predicted molar refractivity (Wildman–Crippen MR) is 73.6 cm³/mol. The summed E-state index contributed by atoms with van der Waals surface area (Å²) < 4.78 is 0. The van der Waals surface area contributed by atoms with Crippen molar-refractivity contribution in [3.63, 3.8) is 0 Å². The van der Waals surface area contributed by atoms with Crippen LogP contribution in [0.5, 0.6) is 0 Å². The lowest BCUT2D eigenvalue weighted by Gasteiger charge is -2.29. The van der Waals surface area contributed by atoms with Crippen LogP contribution in [0, 0.1) is 0 Å². The van der Waals surface area contributed by atoms with Gasteiger partial charge in [-0.25, -0.2) is 0 Å². The minimum absolute atomic E-state index is 0.130. The summed E-state index contributed by atoms with van der Waals surface area (Å²) in [5, 5.41) is 0. The number of nitrogens with zero attached hydrogens (tertiary/aromatic N) is 1. The molecule has 0 spiro atoms. The zero-order valence-electron chi connectivity index (χ0n) is 12.1. The van der Waals surface area contributed by atoms with Gasteiger partial charge in [0.25, 0.3) is 0 Å². The maximum absolute atomic E-state index is 4.78. The van der Waals surface area contributed by atoms with Gasteiger partial charge in [-0.1, -0.05) is 47.6 Å². The van der Waals surface area contributed by atoms with Gasteiger partial charge in [-0.2, -0.15) is 0 Å². The molecule has 1 aliphatic carbocycles. The van der Waals surface area contributed by atoms with Gasteiger partial charge in [0.05, 0.1) is 0 Å². The normalized spacial score (nSPS) is 17.3. The molecule has 0 unspecified atom stereocenters. The fraction of sp³-hybridized carbons (Fsp3) is 0.688. The van der Waals surface area contributed by atoms with Crippen molar-refractivity contribution in [1.82, 2.24) is 4.98 Å². The van der Waals surface area contributed by atoms with Gasteiger partial charge in [0.1, 0.15) is 0 Å². The van der Waals surface area contributed by atoms with Gasteiger partial charge in [-0.05, 0) is 35.3 Å². The number of hydrogen-bond donors (Lipinski definition) is 0. The highest BCUT2D eigenvalue weighted by Gasteiger charge is 2.30. The molecule has 0 bridgehead atoms. The summed E-state index contributed by atoms with van der Waals surface area (Å²) >= 11 is 0. The van der Waals surface area contributed by atoms with Crippen LogP contribution in [0.1, 0.15) is 77.1 Å². The molecule has 1 nitrogen and oxygen atoms in total. The van der Waals surface area contributed by atoms with Gasteiger partial charge in [0.2, 0.25) is 0 Å². The van der Waals surface area contributed by atoms with Gasteiger partial charge in [-0.3, -0.25) is 4.98 Å². The van der Waals surface area contributed by atoms with E-state index in [1.807, 2.05) is 0 Å². The zero-order valence-corrected chi connectivity index (χ0v) is 12.1.